The zero-order valence-electron chi connectivity index (χ0n) is 13.7. The van der Waals surface area contributed by atoms with Crippen LogP contribution in [0.1, 0.15) is 19.4 Å². The summed E-state index contributed by atoms with van der Waals surface area (Å²) in [6.07, 6.45) is 0.170. The lowest BCUT2D eigenvalue weighted by molar-refractivity contribution is 0.242. The van der Waals surface area contributed by atoms with E-state index in [0.29, 0.717) is 12.5 Å². The Kier molecular flexibility index (Phi) is 5.86. The van der Waals surface area contributed by atoms with Gasteiger partial charge in [-0.1, -0.05) is 12.1 Å². The second kappa shape index (κ2) is 8.08. The Morgan fingerprint density at radius 2 is 1.65 bits per heavy atom. The summed E-state index contributed by atoms with van der Waals surface area (Å²) in [5, 5.41) is 3.05. The summed E-state index contributed by atoms with van der Waals surface area (Å²) in [5.74, 6) is 2.03. The van der Waals surface area contributed by atoms with Crippen LogP contribution in [0.5, 0.6) is 11.5 Å². The molecule has 0 aliphatic rings. The minimum Gasteiger partial charge on any atom is -0.497 e. The molecule has 0 spiro atoms. The monoisotopic (exact) mass is 313 g/mol. The molecule has 122 valence electrons. The molecule has 0 saturated heterocycles. The largest absolute Gasteiger partial charge is 0.497 e. The quantitative estimate of drug-likeness (QED) is 0.633. The fourth-order valence-electron chi connectivity index (χ4n) is 1.98. The number of anilines is 1. The van der Waals surface area contributed by atoms with Crippen molar-refractivity contribution in [1.29, 1.82) is 0 Å². The van der Waals surface area contributed by atoms with Gasteiger partial charge in [0, 0.05) is 5.69 Å². The molecule has 23 heavy (non-hydrogen) atoms. The molecule has 2 rings (SSSR count). The summed E-state index contributed by atoms with van der Waals surface area (Å²) in [7, 11) is 1.63. The lowest BCUT2D eigenvalue weighted by Crippen LogP contribution is -2.22. The van der Waals surface area contributed by atoms with Gasteiger partial charge in [0.15, 0.2) is 5.96 Å². The van der Waals surface area contributed by atoms with Crippen molar-refractivity contribution >= 4 is 11.6 Å². The fraction of sp³-hybridized carbons (Fsp3) is 0.278. The second-order valence-electron chi connectivity index (χ2n) is 5.37. The van der Waals surface area contributed by atoms with E-state index in [0.717, 1.165) is 22.7 Å². The summed E-state index contributed by atoms with van der Waals surface area (Å²) < 4.78 is 10.7. The third-order valence-electron chi connectivity index (χ3n) is 3.09. The summed E-state index contributed by atoms with van der Waals surface area (Å²) in [6, 6.07) is 15.4. The lowest BCUT2D eigenvalue weighted by atomic mass is 10.2. The van der Waals surface area contributed by atoms with E-state index < -0.39 is 0 Å². The maximum absolute atomic E-state index is 5.90. The van der Waals surface area contributed by atoms with Gasteiger partial charge in [0.1, 0.15) is 11.5 Å². The summed E-state index contributed by atoms with van der Waals surface area (Å²) >= 11 is 0. The van der Waals surface area contributed by atoms with Crippen molar-refractivity contribution in [2.45, 2.75) is 26.5 Å². The van der Waals surface area contributed by atoms with E-state index in [-0.39, 0.29) is 6.10 Å². The van der Waals surface area contributed by atoms with Gasteiger partial charge in [-0.2, -0.15) is 0 Å². The van der Waals surface area contributed by atoms with Gasteiger partial charge >= 0.3 is 0 Å². The Bertz CT molecular complexity index is 634. The van der Waals surface area contributed by atoms with Crippen LogP contribution in [0.2, 0.25) is 0 Å². The van der Waals surface area contributed by atoms with Gasteiger partial charge in [-0.25, -0.2) is 4.99 Å². The van der Waals surface area contributed by atoms with Gasteiger partial charge in [0.2, 0.25) is 0 Å². The molecule has 0 aliphatic carbocycles. The van der Waals surface area contributed by atoms with Crippen LogP contribution in [0, 0.1) is 0 Å². The molecule has 0 saturated carbocycles. The van der Waals surface area contributed by atoms with E-state index in [4.69, 9.17) is 15.2 Å². The van der Waals surface area contributed by atoms with Crippen molar-refractivity contribution in [3.8, 4) is 11.5 Å². The van der Waals surface area contributed by atoms with Crippen LogP contribution in [0.3, 0.4) is 0 Å². The van der Waals surface area contributed by atoms with Crippen LogP contribution in [-0.4, -0.2) is 19.2 Å². The first-order valence-corrected chi connectivity index (χ1v) is 7.53. The Hall–Kier alpha value is -2.69. The van der Waals surface area contributed by atoms with Crippen LogP contribution < -0.4 is 20.5 Å². The van der Waals surface area contributed by atoms with Gasteiger partial charge < -0.3 is 20.5 Å². The predicted octanol–water partition coefficient (Wildman–Crippen LogP) is 3.41. The lowest BCUT2D eigenvalue weighted by Gasteiger charge is -2.10. The number of aliphatic imine (C=N–C) groups is 1. The Morgan fingerprint density at radius 1 is 1.04 bits per heavy atom. The molecule has 0 aliphatic heterocycles. The van der Waals surface area contributed by atoms with E-state index in [1.165, 1.54) is 0 Å². The number of nitrogens with one attached hydrogen (secondary N) is 1. The van der Waals surface area contributed by atoms with Crippen LogP contribution in [0.4, 0.5) is 5.69 Å². The molecule has 2 aromatic carbocycles. The average molecular weight is 313 g/mol. The highest BCUT2D eigenvalue weighted by Gasteiger charge is 1.99. The zero-order chi connectivity index (χ0) is 16.7. The Balaban J connectivity index is 1.90. The molecule has 0 aromatic heterocycles. The highest BCUT2D eigenvalue weighted by atomic mass is 16.5. The highest BCUT2D eigenvalue weighted by Crippen LogP contribution is 2.16. The third-order valence-corrected chi connectivity index (χ3v) is 3.09. The molecule has 5 nitrogen and oxygen atoms in total. The second-order valence-corrected chi connectivity index (χ2v) is 5.37. The van der Waals surface area contributed by atoms with E-state index in [1.54, 1.807) is 7.11 Å². The number of rotatable bonds is 6. The number of hydrogen-bond acceptors (Lipinski definition) is 3. The van der Waals surface area contributed by atoms with Crippen molar-refractivity contribution < 1.29 is 9.47 Å². The molecule has 0 bridgehead atoms. The standard InChI is InChI=1S/C18H23N3O2/c1-13(2)23-17-8-4-14(5-9-17)12-20-18(19)21-15-6-10-16(22-3)11-7-15/h4-11,13H,12H2,1-3H3,(H3,19,20,21). The van der Waals surface area contributed by atoms with Crippen molar-refractivity contribution in [1.82, 2.24) is 0 Å². The van der Waals surface area contributed by atoms with Gasteiger partial charge in [0.25, 0.3) is 0 Å². The molecular formula is C18H23N3O2. The first-order chi connectivity index (χ1) is 11.1. The van der Waals surface area contributed by atoms with Crippen molar-refractivity contribution in [2.24, 2.45) is 10.7 Å². The zero-order valence-corrected chi connectivity index (χ0v) is 13.7. The van der Waals surface area contributed by atoms with Crippen LogP contribution >= 0.6 is 0 Å². The molecule has 0 amide bonds. The maximum atomic E-state index is 5.90. The van der Waals surface area contributed by atoms with Crippen molar-refractivity contribution in [3.05, 3.63) is 54.1 Å². The van der Waals surface area contributed by atoms with Crippen LogP contribution in [0.15, 0.2) is 53.5 Å². The summed E-state index contributed by atoms with van der Waals surface area (Å²) in [4.78, 5) is 4.33. The van der Waals surface area contributed by atoms with Crippen molar-refractivity contribution in [2.75, 3.05) is 12.4 Å². The van der Waals surface area contributed by atoms with Crippen molar-refractivity contribution in [3.63, 3.8) is 0 Å². The number of methoxy groups -OCH3 is 1. The minimum atomic E-state index is 0.170. The van der Waals surface area contributed by atoms with Gasteiger partial charge in [-0.3, -0.25) is 0 Å². The molecule has 2 aromatic rings. The first kappa shape index (κ1) is 16.7. The number of hydrogen-bond donors (Lipinski definition) is 2. The topological polar surface area (TPSA) is 68.9 Å². The van der Waals surface area contributed by atoms with Crippen LogP contribution in [0.25, 0.3) is 0 Å². The van der Waals surface area contributed by atoms with E-state index in [2.05, 4.69) is 10.3 Å². The summed E-state index contributed by atoms with van der Waals surface area (Å²) in [5.41, 5.74) is 7.84. The molecule has 5 heteroatoms. The number of ether oxygens (including phenoxy) is 2. The molecule has 0 radical (unpaired) electrons. The smallest absolute Gasteiger partial charge is 0.193 e. The summed E-state index contributed by atoms with van der Waals surface area (Å²) in [6.45, 7) is 4.52. The molecular weight excluding hydrogens is 290 g/mol. The number of nitrogens with zero attached hydrogens (tertiary/aromatic N) is 1. The highest BCUT2D eigenvalue weighted by molar-refractivity contribution is 5.92. The normalized spacial score (nSPS) is 11.4. The molecule has 0 heterocycles. The SMILES string of the molecule is COc1ccc(NC(N)=NCc2ccc(OC(C)C)cc2)cc1. The Morgan fingerprint density at radius 3 is 2.22 bits per heavy atom. The third kappa shape index (κ3) is 5.54. The molecule has 0 fully saturated rings. The molecule has 3 N–H and O–H groups in total. The Labute approximate surface area is 137 Å². The fourth-order valence-corrected chi connectivity index (χ4v) is 1.98. The van der Waals surface area contributed by atoms with E-state index in [9.17, 15) is 0 Å². The van der Waals surface area contributed by atoms with Crippen LogP contribution in [-0.2, 0) is 6.54 Å². The van der Waals surface area contributed by atoms with Gasteiger partial charge in [0.05, 0.1) is 19.8 Å². The number of nitrogens with two attached hydrogens (primary N) is 1. The van der Waals surface area contributed by atoms with Gasteiger partial charge in [-0.05, 0) is 55.8 Å². The number of guanidine groups is 1. The first-order valence-electron chi connectivity index (χ1n) is 7.53. The predicted molar refractivity (Wildman–Crippen MR) is 94.1 cm³/mol. The van der Waals surface area contributed by atoms with E-state index >= 15 is 0 Å². The molecule has 0 unspecified atom stereocenters. The van der Waals surface area contributed by atoms with E-state index in [1.807, 2.05) is 62.4 Å². The minimum absolute atomic E-state index is 0.170. The maximum Gasteiger partial charge on any atom is 0.193 e. The number of benzene rings is 2. The van der Waals surface area contributed by atoms with Gasteiger partial charge in [-0.15, -0.1) is 0 Å². The molecule has 0 atom stereocenters. The average Bonchev–Trinajstić information content (AvgIpc) is 2.54.